The Labute approximate surface area is 141 Å². The number of fused-ring (bicyclic) bond motifs is 1. The minimum Gasteiger partial charge on any atom is -0.483 e. The van der Waals surface area contributed by atoms with Crippen LogP contribution >= 0.6 is 11.3 Å². The summed E-state index contributed by atoms with van der Waals surface area (Å²) in [5.41, 5.74) is 0.364. The number of ether oxygens (including phenoxy) is 2. The lowest BCUT2D eigenvalue weighted by atomic mass is 10.0. The summed E-state index contributed by atoms with van der Waals surface area (Å²) in [6.07, 6.45) is -1.89. The SMILES string of the molecule is CC1(C)Cc2cccc(OCC(=O)Nc3nc(C(F)F)cs3)c2O1. The molecule has 0 saturated carbocycles. The first-order valence-corrected chi connectivity index (χ1v) is 8.19. The number of hydrogen-bond donors (Lipinski definition) is 1. The third-order valence-corrected chi connectivity index (χ3v) is 4.18. The summed E-state index contributed by atoms with van der Waals surface area (Å²) >= 11 is 0.944. The first kappa shape index (κ1) is 16.6. The average molecular weight is 354 g/mol. The molecule has 1 N–H and O–H groups in total. The number of anilines is 1. The Morgan fingerprint density at radius 3 is 3.00 bits per heavy atom. The van der Waals surface area contributed by atoms with Crippen LogP contribution in [0.2, 0.25) is 0 Å². The van der Waals surface area contributed by atoms with Gasteiger partial charge < -0.3 is 9.47 Å². The minimum atomic E-state index is -2.66. The third-order valence-electron chi connectivity index (χ3n) is 3.41. The van der Waals surface area contributed by atoms with Gasteiger partial charge in [0.15, 0.2) is 23.2 Å². The highest BCUT2D eigenvalue weighted by Gasteiger charge is 2.32. The number of nitrogens with zero attached hydrogens (tertiary/aromatic N) is 1. The lowest BCUT2D eigenvalue weighted by Gasteiger charge is -2.18. The van der Waals surface area contributed by atoms with Crippen LogP contribution in [0.1, 0.15) is 31.5 Å². The molecule has 2 heterocycles. The van der Waals surface area contributed by atoms with Crippen molar-refractivity contribution in [2.75, 3.05) is 11.9 Å². The number of para-hydroxylation sites is 1. The molecule has 2 aromatic rings. The predicted octanol–water partition coefficient (Wildman–Crippen LogP) is 3.81. The lowest BCUT2D eigenvalue weighted by molar-refractivity contribution is -0.118. The van der Waals surface area contributed by atoms with Gasteiger partial charge in [0.2, 0.25) is 0 Å². The summed E-state index contributed by atoms with van der Waals surface area (Å²) in [6, 6.07) is 5.52. The molecule has 0 saturated heterocycles. The van der Waals surface area contributed by atoms with Crippen molar-refractivity contribution < 1.29 is 23.0 Å². The van der Waals surface area contributed by atoms with Gasteiger partial charge in [0.25, 0.3) is 12.3 Å². The molecule has 0 unspecified atom stereocenters. The van der Waals surface area contributed by atoms with Crippen molar-refractivity contribution >= 4 is 22.4 Å². The van der Waals surface area contributed by atoms with Crippen LogP contribution in [0.15, 0.2) is 23.6 Å². The quantitative estimate of drug-likeness (QED) is 0.887. The molecule has 0 spiro atoms. The van der Waals surface area contributed by atoms with Crippen molar-refractivity contribution in [3.8, 4) is 11.5 Å². The largest absolute Gasteiger partial charge is 0.483 e. The van der Waals surface area contributed by atoms with Gasteiger partial charge >= 0.3 is 0 Å². The molecule has 5 nitrogen and oxygen atoms in total. The number of nitrogens with one attached hydrogen (secondary N) is 1. The molecule has 3 rings (SSSR count). The molecule has 1 aliphatic rings. The lowest BCUT2D eigenvalue weighted by Crippen LogP contribution is -2.25. The fourth-order valence-corrected chi connectivity index (χ4v) is 3.16. The van der Waals surface area contributed by atoms with Crippen LogP contribution in [-0.4, -0.2) is 23.1 Å². The van der Waals surface area contributed by atoms with Gasteiger partial charge in [-0.15, -0.1) is 11.3 Å². The van der Waals surface area contributed by atoms with Crippen molar-refractivity contribution in [1.29, 1.82) is 0 Å². The summed E-state index contributed by atoms with van der Waals surface area (Å²) in [5, 5.41) is 3.77. The van der Waals surface area contributed by atoms with Gasteiger partial charge in [0, 0.05) is 17.4 Å². The zero-order valence-corrected chi connectivity index (χ0v) is 14.0. The molecule has 128 valence electrons. The fraction of sp³-hybridized carbons (Fsp3) is 0.375. The second-order valence-corrected chi connectivity index (χ2v) is 6.86. The van der Waals surface area contributed by atoms with Gasteiger partial charge in [0.1, 0.15) is 11.3 Å². The summed E-state index contributed by atoms with van der Waals surface area (Å²) in [5.74, 6) is 0.658. The van der Waals surface area contributed by atoms with E-state index in [9.17, 15) is 13.6 Å². The summed E-state index contributed by atoms with van der Waals surface area (Å²) in [4.78, 5) is 15.5. The van der Waals surface area contributed by atoms with E-state index in [0.717, 1.165) is 23.3 Å². The van der Waals surface area contributed by atoms with Gasteiger partial charge in [-0.2, -0.15) is 0 Å². The smallest absolute Gasteiger partial charge is 0.281 e. The van der Waals surface area contributed by atoms with E-state index >= 15 is 0 Å². The number of rotatable bonds is 5. The molecule has 24 heavy (non-hydrogen) atoms. The van der Waals surface area contributed by atoms with Crippen molar-refractivity contribution in [2.45, 2.75) is 32.3 Å². The van der Waals surface area contributed by atoms with Crippen molar-refractivity contribution in [1.82, 2.24) is 4.98 Å². The number of amides is 1. The maximum atomic E-state index is 12.5. The molecule has 0 aliphatic carbocycles. The number of thiazole rings is 1. The minimum absolute atomic E-state index is 0.120. The number of hydrogen-bond acceptors (Lipinski definition) is 5. The Morgan fingerprint density at radius 2 is 2.29 bits per heavy atom. The predicted molar refractivity (Wildman–Crippen MR) is 86.0 cm³/mol. The van der Waals surface area contributed by atoms with Crippen LogP contribution < -0.4 is 14.8 Å². The molecule has 8 heteroatoms. The summed E-state index contributed by atoms with van der Waals surface area (Å²) < 4.78 is 36.3. The van der Waals surface area contributed by atoms with Gasteiger partial charge in [-0.1, -0.05) is 12.1 Å². The summed E-state index contributed by atoms with van der Waals surface area (Å²) in [6.45, 7) is 3.70. The second-order valence-electron chi connectivity index (χ2n) is 6.00. The maximum absolute atomic E-state index is 12.5. The molecule has 1 aromatic heterocycles. The van der Waals surface area contributed by atoms with Crippen molar-refractivity contribution in [3.63, 3.8) is 0 Å². The zero-order valence-electron chi connectivity index (χ0n) is 13.1. The van der Waals surface area contributed by atoms with Crippen LogP contribution in [0.25, 0.3) is 0 Å². The molecule has 0 bridgehead atoms. The number of aromatic nitrogens is 1. The third kappa shape index (κ3) is 3.64. The van der Waals surface area contributed by atoms with Gasteiger partial charge in [-0.05, 0) is 19.9 Å². The molecular weight excluding hydrogens is 338 g/mol. The topological polar surface area (TPSA) is 60.5 Å². The molecular formula is C16H16F2N2O3S. The number of carbonyl (C=O) groups is 1. The standard InChI is InChI=1S/C16H16F2N2O3S/c1-16(2)6-9-4-3-5-11(13(9)23-16)22-7-12(21)20-15-19-10(8-24-15)14(17)18/h3-5,8,14H,6-7H2,1-2H3,(H,19,20,21). The maximum Gasteiger partial charge on any atom is 0.281 e. The van der Waals surface area contributed by atoms with E-state index in [-0.39, 0.29) is 23.0 Å². The number of alkyl halides is 2. The summed E-state index contributed by atoms with van der Waals surface area (Å²) in [7, 11) is 0. The fourth-order valence-electron chi connectivity index (χ4n) is 2.44. The second kappa shape index (κ2) is 6.35. The van der Waals surface area contributed by atoms with Crippen LogP contribution in [0.4, 0.5) is 13.9 Å². The van der Waals surface area contributed by atoms with E-state index in [1.54, 1.807) is 6.07 Å². The Hall–Kier alpha value is -2.22. The van der Waals surface area contributed by atoms with Crippen molar-refractivity contribution in [3.05, 3.63) is 34.8 Å². The van der Waals surface area contributed by atoms with E-state index in [4.69, 9.17) is 9.47 Å². The van der Waals surface area contributed by atoms with Crippen LogP contribution in [0.3, 0.4) is 0 Å². The van der Waals surface area contributed by atoms with Gasteiger partial charge in [0.05, 0.1) is 0 Å². The molecule has 1 amide bonds. The Kier molecular flexibility index (Phi) is 4.40. The number of halogens is 2. The highest BCUT2D eigenvalue weighted by atomic mass is 32.1. The van der Waals surface area contributed by atoms with Crippen LogP contribution in [-0.2, 0) is 11.2 Å². The van der Waals surface area contributed by atoms with E-state index < -0.39 is 12.3 Å². The number of carbonyl (C=O) groups excluding carboxylic acids is 1. The molecule has 0 fully saturated rings. The van der Waals surface area contributed by atoms with Crippen molar-refractivity contribution in [2.24, 2.45) is 0 Å². The van der Waals surface area contributed by atoms with Gasteiger partial charge in [-0.3, -0.25) is 10.1 Å². The van der Waals surface area contributed by atoms with Crippen LogP contribution in [0, 0.1) is 0 Å². The zero-order chi connectivity index (χ0) is 17.3. The average Bonchev–Trinajstić information content (AvgIpc) is 3.07. The highest BCUT2D eigenvalue weighted by Crippen LogP contribution is 2.41. The molecule has 1 aromatic carbocycles. The van der Waals surface area contributed by atoms with Crippen LogP contribution in [0.5, 0.6) is 11.5 Å². The molecule has 0 radical (unpaired) electrons. The van der Waals surface area contributed by atoms with Gasteiger partial charge in [-0.25, -0.2) is 13.8 Å². The first-order chi connectivity index (χ1) is 11.3. The number of benzene rings is 1. The van der Waals surface area contributed by atoms with E-state index in [2.05, 4.69) is 10.3 Å². The normalized spacial score (nSPS) is 15.0. The van der Waals surface area contributed by atoms with E-state index in [1.165, 1.54) is 5.38 Å². The first-order valence-electron chi connectivity index (χ1n) is 7.31. The Morgan fingerprint density at radius 1 is 1.50 bits per heavy atom. The van der Waals surface area contributed by atoms with E-state index in [1.807, 2.05) is 26.0 Å². The molecule has 1 aliphatic heterocycles. The monoisotopic (exact) mass is 354 g/mol. The Balaban J connectivity index is 1.60. The molecule has 0 atom stereocenters. The highest BCUT2D eigenvalue weighted by molar-refractivity contribution is 7.13. The Bertz CT molecular complexity index is 762. The van der Waals surface area contributed by atoms with E-state index in [0.29, 0.717) is 11.5 Å².